The summed E-state index contributed by atoms with van der Waals surface area (Å²) in [6, 6.07) is -0.0526. The van der Waals surface area contributed by atoms with Crippen molar-refractivity contribution in [3.8, 4) is 0 Å². The molecular weight excluding hydrogens is 344 g/mol. The molecule has 1 aliphatic heterocycles. The number of hydrogen-bond acceptors (Lipinski definition) is 4. The van der Waals surface area contributed by atoms with Gasteiger partial charge in [-0.3, -0.25) is 4.79 Å². The molecule has 0 aromatic carbocycles. The summed E-state index contributed by atoms with van der Waals surface area (Å²) < 4.78 is 11.2. The van der Waals surface area contributed by atoms with E-state index >= 15 is 0 Å². The van der Waals surface area contributed by atoms with Gasteiger partial charge >= 0.3 is 6.09 Å². The molecule has 0 spiro atoms. The maximum absolute atomic E-state index is 12.2. The third-order valence-electron chi connectivity index (χ3n) is 4.62. The summed E-state index contributed by atoms with van der Waals surface area (Å²) in [4.78, 5) is 26.0. The Morgan fingerprint density at radius 3 is 2.56 bits per heavy atom. The number of carbonyl (C=O) groups excluding carboxylic acids is 2. The summed E-state index contributed by atoms with van der Waals surface area (Å²) in [5.41, 5.74) is 0. The lowest BCUT2D eigenvalue weighted by Crippen LogP contribution is -2.42. The molecule has 1 fully saturated rings. The molecule has 6 heteroatoms. The number of ether oxygens (including phenoxy) is 2. The predicted molar refractivity (Wildman–Crippen MR) is 108 cm³/mol. The summed E-state index contributed by atoms with van der Waals surface area (Å²) >= 11 is 0. The molecule has 6 nitrogen and oxygen atoms in total. The normalized spacial score (nSPS) is 18.0. The topological polar surface area (TPSA) is 67.9 Å². The van der Waals surface area contributed by atoms with Crippen molar-refractivity contribution in [1.29, 1.82) is 0 Å². The van der Waals surface area contributed by atoms with Crippen LogP contribution in [0.3, 0.4) is 0 Å². The zero-order valence-corrected chi connectivity index (χ0v) is 17.1. The Morgan fingerprint density at radius 1 is 1.22 bits per heavy atom. The minimum atomic E-state index is -0.448. The molecule has 1 N–H and O–H groups in total. The second kappa shape index (κ2) is 13.4. The third-order valence-corrected chi connectivity index (χ3v) is 4.62. The molecular formula is C21H36N2O4. The molecule has 0 bridgehead atoms. The molecule has 154 valence electrons. The summed E-state index contributed by atoms with van der Waals surface area (Å²) in [6.07, 6.45) is 9.83. The second-order valence-corrected chi connectivity index (χ2v) is 7.05. The van der Waals surface area contributed by atoms with Crippen molar-refractivity contribution in [1.82, 2.24) is 10.2 Å². The van der Waals surface area contributed by atoms with Gasteiger partial charge in [-0.15, -0.1) is 6.58 Å². The summed E-state index contributed by atoms with van der Waals surface area (Å²) in [7, 11) is 0. The van der Waals surface area contributed by atoms with E-state index in [2.05, 4.69) is 18.8 Å². The molecule has 1 aliphatic rings. The molecule has 0 aromatic heterocycles. The lowest BCUT2D eigenvalue weighted by molar-refractivity contribution is -0.118. The SMILES string of the molecule is C=CCCO[C@H](C)[C@@H](CCC)NC(=O)/C=C\[C@H](C)OC(=O)N1CCCCC1. The van der Waals surface area contributed by atoms with E-state index in [1.807, 2.05) is 13.0 Å². The average Bonchev–Trinajstić information content (AvgIpc) is 2.66. The fourth-order valence-electron chi connectivity index (χ4n) is 2.99. The lowest BCUT2D eigenvalue weighted by Gasteiger charge is -2.26. The van der Waals surface area contributed by atoms with Gasteiger partial charge in [0.25, 0.3) is 0 Å². The van der Waals surface area contributed by atoms with Gasteiger partial charge in [-0.1, -0.05) is 19.4 Å². The van der Waals surface area contributed by atoms with Gasteiger partial charge in [-0.25, -0.2) is 4.79 Å². The Morgan fingerprint density at radius 2 is 1.93 bits per heavy atom. The van der Waals surface area contributed by atoms with Crippen molar-refractivity contribution in [3.63, 3.8) is 0 Å². The van der Waals surface area contributed by atoms with Crippen molar-refractivity contribution < 1.29 is 19.1 Å². The number of likely N-dealkylation sites (tertiary alicyclic amines) is 1. The first-order chi connectivity index (χ1) is 13.0. The zero-order valence-electron chi connectivity index (χ0n) is 17.1. The number of hydrogen-bond donors (Lipinski definition) is 1. The highest BCUT2D eigenvalue weighted by Gasteiger charge is 2.20. The van der Waals surface area contributed by atoms with Gasteiger partial charge < -0.3 is 19.7 Å². The molecule has 3 atom stereocenters. The minimum Gasteiger partial charge on any atom is -0.442 e. The van der Waals surface area contributed by atoms with Crippen LogP contribution in [0.2, 0.25) is 0 Å². The molecule has 1 saturated heterocycles. The van der Waals surface area contributed by atoms with E-state index in [1.165, 1.54) is 6.08 Å². The minimum absolute atomic E-state index is 0.0526. The highest BCUT2D eigenvalue weighted by Crippen LogP contribution is 2.11. The van der Waals surface area contributed by atoms with E-state index < -0.39 is 6.10 Å². The molecule has 0 unspecified atom stereocenters. The summed E-state index contributed by atoms with van der Waals surface area (Å²) in [6.45, 7) is 11.6. The molecule has 0 aliphatic carbocycles. The Labute approximate surface area is 164 Å². The first-order valence-corrected chi connectivity index (χ1v) is 10.1. The van der Waals surface area contributed by atoms with Gasteiger partial charge in [0.1, 0.15) is 6.10 Å². The van der Waals surface area contributed by atoms with Gasteiger partial charge in [0.05, 0.1) is 18.8 Å². The predicted octanol–water partition coefficient (Wildman–Crippen LogP) is 3.82. The van der Waals surface area contributed by atoms with E-state index in [-0.39, 0.29) is 24.1 Å². The molecule has 0 radical (unpaired) electrons. The first-order valence-electron chi connectivity index (χ1n) is 10.1. The van der Waals surface area contributed by atoms with Crippen LogP contribution >= 0.6 is 0 Å². The molecule has 1 rings (SSSR count). The largest absolute Gasteiger partial charge is 0.442 e. The fourth-order valence-corrected chi connectivity index (χ4v) is 2.99. The van der Waals surface area contributed by atoms with Crippen LogP contribution in [0, 0.1) is 0 Å². The van der Waals surface area contributed by atoms with E-state index in [0.717, 1.165) is 51.6 Å². The molecule has 27 heavy (non-hydrogen) atoms. The third kappa shape index (κ3) is 9.61. The van der Waals surface area contributed by atoms with E-state index in [4.69, 9.17) is 9.47 Å². The second-order valence-electron chi connectivity index (χ2n) is 7.05. The number of nitrogens with one attached hydrogen (secondary N) is 1. The van der Waals surface area contributed by atoms with Gasteiger partial charge in [-0.05, 0) is 52.0 Å². The van der Waals surface area contributed by atoms with E-state index in [0.29, 0.717) is 6.61 Å². The molecule has 0 saturated carbocycles. The molecule has 0 aromatic rings. The van der Waals surface area contributed by atoms with Gasteiger partial charge in [0, 0.05) is 19.2 Å². The average molecular weight is 381 g/mol. The first kappa shape index (κ1) is 23.2. The fraction of sp³-hybridized carbons (Fsp3) is 0.714. The van der Waals surface area contributed by atoms with Crippen molar-refractivity contribution in [2.24, 2.45) is 0 Å². The zero-order chi connectivity index (χ0) is 20.1. The Kier molecular flexibility index (Phi) is 11.5. The molecule has 1 heterocycles. The highest BCUT2D eigenvalue weighted by molar-refractivity contribution is 5.87. The van der Waals surface area contributed by atoms with Crippen LogP contribution < -0.4 is 5.32 Å². The Hall–Kier alpha value is -1.82. The quantitative estimate of drug-likeness (QED) is 0.336. The number of nitrogens with zero attached hydrogens (tertiary/aromatic N) is 1. The number of carbonyl (C=O) groups is 2. The van der Waals surface area contributed by atoms with Gasteiger partial charge in [-0.2, -0.15) is 0 Å². The van der Waals surface area contributed by atoms with Crippen molar-refractivity contribution >= 4 is 12.0 Å². The lowest BCUT2D eigenvalue weighted by atomic mass is 10.1. The van der Waals surface area contributed by atoms with Crippen LogP contribution in [-0.2, 0) is 14.3 Å². The highest BCUT2D eigenvalue weighted by atomic mass is 16.6. The summed E-state index contributed by atoms with van der Waals surface area (Å²) in [5.74, 6) is -0.200. The van der Waals surface area contributed by atoms with E-state index in [9.17, 15) is 9.59 Å². The molecule has 2 amide bonds. The van der Waals surface area contributed by atoms with Crippen LogP contribution in [-0.4, -0.2) is 54.8 Å². The van der Waals surface area contributed by atoms with Crippen LogP contribution in [0.5, 0.6) is 0 Å². The summed E-state index contributed by atoms with van der Waals surface area (Å²) in [5, 5.41) is 2.99. The Bertz CT molecular complexity index is 487. The van der Waals surface area contributed by atoms with Crippen molar-refractivity contribution in [3.05, 3.63) is 24.8 Å². The van der Waals surface area contributed by atoms with Gasteiger partial charge in [0.15, 0.2) is 0 Å². The van der Waals surface area contributed by atoms with Crippen molar-refractivity contribution in [2.45, 2.75) is 77.5 Å². The number of piperidine rings is 1. The monoisotopic (exact) mass is 380 g/mol. The van der Waals surface area contributed by atoms with Crippen LogP contribution in [0.4, 0.5) is 4.79 Å². The smallest absolute Gasteiger partial charge is 0.410 e. The van der Waals surface area contributed by atoms with Crippen LogP contribution in [0.1, 0.15) is 59.3 Å². The maximum atomic E-state index is 12.2. The van der Waals surface area contributed by atoms with Crippen LogP contribution in [0.25, 0.3) is 0 Å². The number of rotatable bonds is 11. The number of amides is 2. The standard InChI is InChI=1S/C21H36N2O4/c1-5-7-16-26-18(4)19(11-6-2)22-20(24)13-12-17(3)27-21(25)23-14-9-8-10-15-23/h5,12-13,17-19H,1,6-11,14-16H2,2-4H3,(H,22,24)/b13-12-/t17-,18+,19+/m0/s1. The van der Waals surface area contributed by atoms with Gasteiger partial charge in [0.2, 0.25) is 5.91 Å². The van der Waals surface area contributed by atoms with E-state index in [1.54, 1.807) is 17.9 Å². The Balaban J connectivity index is 2.43. The van der Waals surface area contributed by atoms with Crippen LogP contribution in [0.15, 0.2) is 24.8 Å². The maximum Gasteiger partial charge on any atom is 0.410 e. The van der Waals surface area contributed by atoms with Crippen molar-refractivity contribution in [2.75, 3.05) is 19.7 Å².